The number of methoxy groups -OCH3 is 1. The molecule has 0 radical (unpaired) electrons. The lowest BCUT2D eigenvalue weighted by Crippen LogP contribution is -2.58. The van der Waals surface area contributed by atoms with E-state index in [1.165, 1.54) is 12.0 Å². The van der Waals surface area contributed by atoms with E-state index >= 15 is 0 Å². The number of carbonyl (C=O) groups is 2. The first-order valence-corrected chi connectivity index (χ1v) is 6.44. The molecule has 2 rings (SSSR count). The Morgan fingerprint density at radius 1 is 1.30 bits per heavy atom. The van der Waals surface area contributed by atoms with Gasteiger partial charge in [-0.3, -0.25) is 4.90 Å². The number of carbonyl (C=O) groups excluding carboxylic acids is 1. The zero-order valence-electron chi connectivity index (χ0n) is 12.1. The first-order valence-electron chi connectivity index (χ1n) is 6.44. The molecule has 1 atom stereocenters. The number of hydrogen-bond donors (Lipinski definition) is 1. The number of fused-ring (bicyclic) bond motifs is 1. The lowest BCUT2D eigenvalue weighted by atomic mass is 9.69. The van der Waals surface area contributed by atoms with Gasteiger partial charge in [-0.15, -0.1) is 0 Å². The second-order valence-electron chi connectivity index (χ2n) is 5.98. The number of benzene rings is 1. The van der Waals surface area contributed by atoms with Gasteiger partial charge in [0, 0.05) is 5.41 Å². The summed E-state index contributed by atoms with van der Waals surface area (Å²) >= 11 is 0. The van der Waals surface area contributed by atoms with E-state index in [4.69, 9.17) is 4.74 Å². The highest BCUT2D eigenvalue weighted by Gasteiger charge is 2.60. The van der Waals surface area contributed by atoms with Crippen molar-refractivity contribution in [3.63, 3.8) is 0 Å². The maximum Gasteiger partial charge on any atom is 0.411 e. The average molecular weight is 277 g/mol. The van der Waals surface area contributed by atoms with Crippen molar-refractivity contribution >= 4 is 12.1 Å². The Morgan fingerprint density at radius 3 is 2.40 bits per heavy atom. The monoisotopic (exact) mass is 277 g/mol. The van der Waals surface area contributed by atoms with Gasteiger partial charge >= 0.3 is 12.1 Å². The van der Waals surface area contributed by atoms with Gasteiger partial charge in [0.15, 0.2) is 5.54 Å². The Balaban J connectivity index is 2.76. The van der Waals surface area contributed by atoms with Crippen LogP contribution in [0.5, 0.6) is 0 Å². The number of hydrogen-bond acceptors (Lipinski definition) is 3. The minimum absolute atomic E-state index is 0.242. The molecular formula is C15H19NO4. The van der Waals surface area contributed by atoms with Gasteiger partial charge < -0.3 is 9.84 Å². The summed E-state index contributed by atoms with van der Waals surface area (Å²) in [5, 5.41) is 9.91. The van der Waals surface area contributed by atoms with Crippen molar-refractivity contribution in [1.29, 1.82) is 0 Å². The summed E-state index contributed by atoms with van der Waals surface area (Å²) in [4.78, 5) is 25.5. The average Bonchev–Trinajstić information content (AvgIpc) is 2.73. The molecule has 0 bridgehead atoms. The molecule has 0 aromatic heterocycles. The molecule has 1 aromatic carbocycles. The Kier molecular flexibility index (Phi) is 3.24. The number of nitrogens with zero attached hydrogens (tertiary/aromatic N) is 1. The minimum Gasteiger partial charge on any atom is -0.479 e. The number of amides is 1. The molecule has 1 aliphatic heterocycles. The van der Waals surface area contributed by atoms with Crippen molar-refractivity contribution in [2.75, 3.05) is 7.11 Å². The van der Waals surface area contributed by atoms with Crippen LogP contribution < -0.4 is 0 Å². The summed E-state index contributed by atoms with van der Waals surface area (Å²) in [7, 11) is 1.26. The normalized spacial score (nSPS) is 21.5. The maximum atomic E-state index is 12.1. The molecule has 1 aliphatic rings. The van der Waals surface area contributed by atoms with Crippen LogP contribution in [0.3, 0.4) is 0 Å². The minimum atomic E-state index is -1.42. The van der Waals surface area contributed by atoms with Crippen molar-refractivity contribution in [2.24, 2.45) is 5.41 Å². The summed E-state index contributed by atoms with van der Waals surface area (Å²) in [5.41, 5.74) is -0.600. The molecule has 1 N–H and O–H groups in total. The lowest BCUT2D eigenvalue weighted by Gasteiger charge is -2.44. The first kappa shape index (κ1) is 14.4. The second kappa shape index (κ2) is 4.51. The highest BCUT2D eigenvalue weighted by Crippen LogP contribution is 2.50. The van der Waals surface area contributed by atoms with Crippen LogP contribution in [-0.4, -0.2) is 29.2 Å². The van der Waals surface area contributed by atoms with Crippen LogP contribution >= 0.6 is 0 Å². The molecule has 1 heterocycles. The predicted octanol–water partition coefficient (Wildman–Crippen LogP) is 2.59. The van der Waals surface area contributed by atoms with E-state index in [0.717, 1.165) is 5.56 Å². The fourth-order valence-corrected chi connectivity index (χ4v) is 3.12. The van der Waals surface area contributed by atoms with Crippen molar-refractivity contribution in [3.05, 3.63) is 35.4 Å². The van der Waals surface area contributed by atoms with Crippen molar-refractivity contribution in [1.82, 2.24) is 4.90 Å². The molecular weight excluding hydrogens is 258 g/mol. The summed E-state index contributed by atoms with van der Waals surface area (Å²) in [5.74, 6) is -1.04. The number of rotatable bonds is 1. The molecule has 20 heavy (non-hydrogen) atoms. The molecule has 1 aromatic rings. The quantitative estimate of drug-likeness (QED) is 0.856. The highest BCUT2D eigenvalue weighted by molar-refractivity contribution is 5.89. The van der Waals surface area contributed by atoms with Crippen LogP contribution in [0, 0.1) is 5.41 Å². The molecule has 1 unspecified atom stereocenters. The Hall–Kier alpha value is -2.04. The van der Waals surface area contributed by atoms with Crippen LogP contribution in [0.25, 0.3) is 0 Å². The zero-order chi connectivity index (χ0) is 15.1. The van der Waals surface area contributed by atoms with Gasteiger partial charge in [-0.1, -0.05) is 45.0 Å². The van der Waals surface area contributed by atoms with E-state index in [9.17, 15) is 14.7 Å². The van der Waals surface area contributed by atoms with Crippen LogP contribution in [0.2, 0.25) is 0 Å². The molecule has 0 spiro atoms. The largest absolute Gasteiger partial charge is 0.479 e. The molecule has 5 heteroatoms. The standard InChI is InChI=1S/C15H19NO4/c1-14(2,3)15(12(17)18)11-8-6-5-7-10(11)9-16(15)13(19)20-4/h5-8H,9H2,1-4H3,(H,17,18). The molecule has 108 valence electrons. The first-order chi connectivity index (χ1) is 9.26. The zero-order valence-corrected chi connectivity index (χ0v) is 12.1. The van der Waals surface area contributed by atoms with Gasteiger partial charge in [-0.25, -0.2) is 9.59 Å². The Bertz CT molecular complexity index is 561. The highest BCUT2D eigenvalue weighted by atomic mass is 16.5. The number of aliphatic carboxylic acids is 1. The molecule has 0 aliphatic carbocycles. The fourth-order valence-electron chi connectivity index (χ4n) is 3.12. The number of carboxylic acids is 1. The van der Waals surface area contributed by atoms with Crippen LogP contribution in [0.15, 0.2) is 24.3 Å². The third kappa shape index (κ3) is 1.69. The van der Waals surface area contributed by atoms with Crippen molar-refractivity contribution < 1.29 is 19.4 Å². The maximum absolute atomic E-state index is 12.1. The molecule has 0 saturated carbocycles. The summed E-state index contributed by atoms with van der Waals surface area (Å²) < 4.78 is 4.79. The van der Waals surface area contributed by atoms with Gasteiger partial charge in [0.25, 0.3) is 0 Å². The van der Waals surface area contributed by atoms with E-state index in [1.54, 1.807) is 12.1 Å². The Morgan fingerprint density at radius 2 is 1.90 bits per heavy atom. The van der Waals surface area contributed by atoms with E-state index < -0.39 is 23.0 Å². The van der Waals surface area contributed by atoms with Crippen LogP contribution in [-0.2, 0) is 21.6 Å². The molecule has 5 nitrogen and oxygen atoms in total. The third-order valence-corrected chi connectivity index (χ3v) is 3.93. The van der Waals surface area contributed by atoms with Gasteiger partial charge in [0.2, 0.25) is 0 Å². The summed E-state index contributed by atoms with van der Waals surface area (Å²) in [6, 6.07) is 7.26. The number of carboxylic acid groups (broad SMARTS) is 1. The third-order valence-electron chi connectivity index (χ3n) is 3.93. The van der Waals surface area contributed by atoms with E-state index in [1.807, 2.05) is 32.9 Å². The van der Waals surface area contributed by atoms with E-state index in [-0.39, 0.29) is 6.54 Å². The van der Waals surface area contributed by atoms with Gasteiger partial charge in [-0.2, -0.15) is 0 Å². The molecule has 0 fully saturated rings. The number of ether oxygens (including phenoxy) is 1. The molecule has 0 saturated heterocycles. The summed E-state index contributed by atoms with van der Waals surface area (Å²) in [6.07, 6.45) is -0.626. The van der Waals surface area contributed by atoms with Crippen molar-refractivity contribution in [3.8, 4) is 0 Å². The smallest absolute Gasteiger partial charge is 0.411 e. The SMILES string of the molecule is COC(=O)N1Cc2ccccc2C1(C(=O)O)C(C)(C)C. The van der Waals surface area contributed by atoms with Gasteiger partial charge in [-0.05, 0) is 11.1 Å². The van der Waals surface area contributed by atoms with Crippen LogP contribution in [0.1, 0.15) is 31.9 Å². The van der Waals surface area contributed by atoms with Crippen molar-refractivity contribution in [2.45, 2.75) is 32.9 Å². The predicted molar refractivity (Wildman–Crippen MR) is 73.2 cm³/mol. The van der Waals surface area contributed by atoms with Gasteiger partial charge in [0.05, 0.1) is 13.7 Å². The van der Waals surface area contributed by atoms with E-state index in [0.29, 0.717) is 5.56 Å². The van der Waals surface area contributed by atoms with Gasteiger partial charge in [0.1, 0.15) is 0 Å². The lowest BCUT2D eigenvalue weighted by molar-refractivity contribution is -0.158. The molecule has 1 amide bonds. The summed E-state index contributed by atoms with van der Waals surface area (Å²) in [6.45, 7) is 5.70. The van der Waals surface area contributed by atoms with E-state index in [2.05, 4.69) is 0 Å². The second-order valence-corrected chi connectivity index (χ2v) is 5.98. The van der Waals surface area contributed by atoms with Crippen LogP contribution in [0.4, 0.5) is 4.79 Å². The Labute approximate surface area is 118 Å². The topological polar surface area (TPSA) is 66.8 Å². The fraction of sp³-hybridized carbons (Fsp3) is 0.467.